The molecule has 0 aliphatic rings. The van der Waals surface area contributed by atoms with Crippen LogP contribution in [0.4, 0.5) is 0 Å². The van der Waals surface area contributed by atoms with Gasteiger partial charge in [0.2, 0.25) is 0 Å². The predicted octanol–water partition coefficient (Wildman–Crippen LogP) is 8.10. The Morgan fingerprint density at radius 3 is 1.20 bits per heavy atom. The summed E-state index contributed by atoms with van der Waals surface area (Å²) in [6.45, 7) is 20.4. The molecule has 2 rings (SSSR count). The Labute approximate surface area is 260 Å². The van der Waals surface area contributed by atoms with Gasteiger partial charge < -0.3 is 20.4 Å². The largest absolute Gasteiger partial charge is 2.00 e. The Kier molecular flexibility index (Phi) is 15.3. The summed E-state index contributed by atoms with van der Waals surface area (Å²) in [5.41, 5.74) is 2.56. The third kappa shape index (κ3) is 11.1. The van der Waals surface area contributed by atoms with Gasteiger partial charge in [0.05, 0.1) is 11.1 Å². The first-order chi connectivity index (χ1) is 18.4. The molecule has 224 valence electrons. The number of carboxylic acid groups (broad SMARTS) is 2. The minimum Gasteiger partial charge on any atom is -0.872 e. The second kappa shape index (κ2) is 16.3. The van der Waals surface area contributed by atoms with E-state index in [2.05, 4.69) is 13.8 Å². The minimum atomic E-state index is -1.13. The van der Waals surface area contributed by atoms with Crippen LogP contribution < -0.4 is 10.2 Å². The number of hydrogen-bond acceptors (Lipinski definition) is 4. The summed E-state index contributed by atoms with van der Waals surface area (Å²) in [5.74, 6) is -2.72. The van der Waals surface area contributed by atoms with Crippen molar-refractivity contribution in [3.05, 3.63) is 57.6 Å². The van der Waals surface area contributed by atoms with Crippen LogP contribution in [0.15, 0.2) is 24.3 Å². The van der Waals surface area contributed by atoms with Crippen molar-refractivity contribution in [2.75, 3.05) is 0 Å². The quantitative estimate of drug-likeness (QED) is 0.259. The smallest absolute Gasteiger partial charge is 0.872 e. The molecule has 0 bridgehead atoms. The number of carboxylic acids is 2. The van der Waals surface area contributed by atoms with Crippen molar-refractivity contribution in [2.24, 2.45) is 0 Å². The zero-order valence-corrected chi connectivity index (χ0v) is 29.9. The van der Waals surface area contributed by atoms with Crippen LogP contribution in [0.5, 0.6) is 11.5 Å². The first-order valence-corrected chi connectivity index (χ1v) is 14.5. The molecule has 0 aliphatic heterocycles. The van der Waals surface area contributed by atoms with Crippen LogP contribution in [0, 0.1) is 0 Å². The van der Waals surface area contributed by atoms with Crippen molar-refractivity contribution in [1.82, 2.24) is 0 Å². The van der Waals surface area contributed by atoms with E-state index in [1.807, 2.05) is 67.5 Å². The summed E-state index contributed by atoms with van der Waals surface area (Å²) < 4.78 is 0. The van der Waals surface area contributed by atoms with Crippen molar-refractivity contribution in [1.29, 1.82) is 0 Å². The maximum Gasteiger partial charge on any atom is 2.00 e. The molecule has 2 aromatic carbocycles. The SMILES string of the molecule is CCCCC(C)c1cc(C(C)(C)C)cc(C(=O)O)c1[O-].CCCCC(C)c1cc(C(C)(C)C)cc(C(=O)O)c1[O-].[Zn+2]. The number of unbranched alkanes of at least 4 members (excludes halogenated alkanes) is 2. The van der Waals surface area contributed by atoms with E-state index in [4.69, 9.17) is 0 Å². The van der Waals surface area contributed by atoms with Crippen molar-refractivity contribution in [2.45, 2.75) is 130 Å². The fourth-order valence-corrected chi connectivity index (χ4v) is 4.55. The van der Waals surface area contributed by atoms with Crippen molar-refractivity contribution >= 4 is 11.9 Å². The molecule has 0 amide bonds. The maximum atomic E-state index is 12.3. The Bertz CT molecular complexity index is 1070. The zero-order valence-electron chi connectivity index (χ0n) is 26.9. The number of rotatable bonds is 10. The molecule has 0 aromatic heterocycles. The van der Waals surface area contributed by atoms with Gasteiger partial charge >= 0.3 is 31.4 Å². The van der Waals surface area contributed by atoms with E-state index >= 15 is 0 Å². The maximum absolute atomic E-state index is 12.3. The van der Waals surface area contributed by atoms with Crippen LogP contribution in [0.3, 0.4) is 0 Å². The average Bonchev–Trinajstić information content (AvgIpc) is 2.84. The van der Waals surface area contributed by atoms with E-state index < -0.39 is 11.9 Å². The second-order valence-corrected chi connectivity index (χ2v) is 13.1. The molecular formula is C34H50O6Zn. The van der Waals surface area contributed by atoms with Gasteiger partial charge in [0.15, 0.2) is 0 Å². The summed E-state index contributed by atoms with van der Waals surface area (Å²) >= 11 is 0. The Morgan fingerprint density at radius 1 is 0.683 bits per heavy atom. The summed E-state index contributed by atoms with van der Waals surface area (Å²) in [6.07, 6.45) is 6.06. The molecule has 41 heavy (non-hydrogen) atoms. The van der Waals surface area contributed by atoms with Crippen LogP contribution in [-0.2, 0) is 30.3 Å². The van der Waals surface area contributed by atoms with Gasteiger partial charge in [-0.1, -0.05) is 130 Å². The van der Waals surface area contributed by atoms with Gasteiger partial charge in [-0.05, 0) is 58.8 Å². The standard InChI is InChI=1S/2C17H26O3.Zn/c2*1-6-7-8-11(2)13-9-12(17(3,4)5)10-14(15(13)18)16(19)20;/h2*9-11,18H,6-8H2,1-5H3,(H,19,20);/q;;+2/p-2. The van der Waals surface area contributed by atoms with Gasteiger partial charge in [-0.2, -0.15) is 0 Å². The number of aromatic carboxylic acids is 2. The second-order valence-electron chi connectivity index (χ2n) is 13.1. The molecule has 0 aliphatic carbocycles. The molecule has 2 aromatic rings. The molecule has 0 saturated heterocycles. The molecule has 0 heterocycles. The average molecular weight is 620 g/mol. The predicted molar refractivity (Wildman–Crippen MR) is 159 cm³/mol. The molecule has 0 saturated carbocycles. The zero-order chi connectivity index (χ0) is 31.0. The first-order valence-electron chi connectivity index (χ1n) is 14.5. The van der Waals surface area contributed by atoms with Crippen LogP contribution in [0.1, 0.15) is 163 Å². The molecule has 2 unspecified atom stereocenters. The van der Waals surface area contributed by atoms with Gasteiger partial charge in [0.1, 0.15) is 0 Å². The molecular weight excluding hydrogens is 570 g/mol. The third-order valence-electron chi connectivity index (χ3n) is 7.47. The topological polar surface area (TPSA) is 121 Å². The molecule has 0 fully saturated rings. The summed E-state index contributed by atoms with van der Waals surface area (Å²) in [5, 5.41) is 43.1. The van der Waals surface area contributed by atoms with Gasteiger partial charge in [-0.25, -0.2) is 9.59 Å². The normalized spacial score (nSPS) is 12.9. The molecule has 0 radical (unpaired) electrons. The molecule has 6 nitrogen and oxygen atoms in total. The molecule has 2 N–H and O–H groups in total. The van der Waals surface area contributed by atoms with E-state index in [0.29, 0.717) is 11.1 Å². The number of hydrogen-bond donors (Lipinski definition) is 2. The molecule has 0 spiro atoms. The number of carbonyl (C=O) groups is 2. The van der Waals surface area contributed by atoms with Crippen LogP contribution >= 0.6 is 0 Å². The third-order valence-corrected chi connectivity index (χ3v) is 7.47. The number of benzene rings is 2. The summed E-state index contributed by atoms with van der Waals surface area (Å²) in [7, 11) is 0. The van der Waals surface area contributed by atoms with Gasteiger partial charge in [-0.15, -0.1) is 0 Å². The Hall–Kier alpha value is -2.40. The van der Waals surface area contributed by atoms with E-state index in [0.717, 1.165) is 49.7 Å². The fourth-order valence-electron chi connectivity index (χ4n) is 4.55. The Balaban J connectivity index is 0.000000762. The van der Waals surface area contributed by atoms with Crippen molar-refractivity contribution in [3.63, 3.8) is 0 Å². The minimum absolute atomic E-state index is 0. The Morgan fingerprint density at radius 2 is 0.976 bits per heavy atom. The van der Waals surface area contributed by atoms with Crippen molar-refractivity contribution < 1.29 is 49.5 Å². The van der Waals surface area contributed by atoms with Gasteiger partial charge in [0.25, 0.3) is 0 Å². The van der Waals surface area contributed by atoms with Gasteiger partial charge in [-0.3, -0.25) is 0 Å². The van der Waals surface area contributed by atoms with E-state index in [9.17, 15) is 30.0 Å². The summed E-state index contributed by atoms with van der Waals surface area (Å²) in [6, 6.07) is 6.85. The van der Waals surface area contributed by atoms with Crippen molar-refractivity contribution in [3.8, 4) is 11.5 Å². The monoisotopic (exact) mass is 618 g/mol. The van der Waals surface area contributed by atoms with E-state index in [1.54, 1.807) is 0 Å². The summed E-state index contributed by atoms with van der Waals surface area (Å²) in [4.78, 5) is 22.6. The first kappa shape index (κ1) is 38.6. The fraction of sp³-hybridized carbons (Fsp3) is 0.588. The van der Waals surface area contributed by atoms with Crippen LogP contribution in [-0.4, -0.2) is 22.2 Å². The van der Waals surface area contributed by atoms with Crippen LogP contribution in [0.2, 0.25) is 0 Å². The molecule has 7 heteroatoms. The van der Waals surface area contributed by atoms with E-state index in [1.165, 1.54) is 12.1 Å². The van der Waals surface area contributed by atoms with Crippen LogP contribution in [0.25, 0.3) is 0 Å². The van der Waals surface area contributed by atoms with Gasteiger partial charge in [0, 0.05) is 0 Å². The van der Waals surface area contributed by atoms with E-state index in [-0.39, 0.29) is 64.8 Å². The molecule has 2 atom stereocenters.